The van der Waals surface area contributed by atoms with E-state index in [9.17, 15) is 0 Å². The average Bonchev–Trinajstić information content (AvgIpc) is 2.61. The van der Waals surface area contributed by atoms with Crippen molar-refractivity contribution in [2.45, 2.75) is 20.4 Å². The highest BCUT2D eigenvalue weighted by Crippen LogP contribution is 2.24. The average molecular weight is 210 g/mol. The molecule has 3 rings (SSSR count). The molecule has 0 N–H and O–H groups in total. The van der Waals surface area contributed by atoms with Gasteiger partial charge in [0.25, 0.3) is 0 Å². The maximum Gasteiger partial charge on any atom is 0.0666 e. The van der Waals surface area contributed by atoms with Crippen molar-refractivity contribution < 1.29 is 0 Å². The molecule has 0 atom stereocenters. The van der Waals surface area contributed by atoms with E-state index in [1.807, 2.05) is 0 Å². The number of hydrogen-bond acceptors (Lipinski definition) is 1. The van der Waals surface area contributed by atoms with Crippen molar-refractivity contribution in [2.75, 3.05) is 0 Å². The Morgan fingerprint density at radius 3 is 2.75 bits per heavy atom. The van der Waals surface area contributed by atoms with Gasteiger partial charge in [-0.3, -0.25) is 4.99 Å². The topological polar surface area (TPSA) is 17.3 Å². The number of nitrogens with zero attached hydrogens (tertiary/aromatic N) is 2. The maximum atomic E-state index is 4.62. The molecule has 80 valence electrons. The van der Waals surface area contributed by atoms with E-state index in [1.54, 1.807) is 0 Å². The van der Waals surface area contributed by atoms with Crippen LogP contribution in [0, 0.1) is 6.92 Å². The molecule has 0 amide bonds. The largest absolute Gasteiger partial charge is 0.312 e. The summed E-state index contributed by atoms with van der Waals surface area (Å²) in [6, 6.07) is 12.8. The van der Waals surface area contributed by atoms with Crippen molar-refractivity contribution in [1.29, 1.82) is 0 Å². The Bertz CT molecular complexity index is 576. The number of aryl methyl sites for hydroxylation is 1. The van der Waals surface area contributed by atoms with E-state index in [1.165, 1.54) is 22.6 Å². The number of aliphatic imine (C=N–C) groups is 1. The van der Waals surface area contributed by atoms with E-state index in [-0.39, 0.29) is 0 Å². The molecule has 0 fully saturated rings. The van der Waals surface area contributed by atoms with Crippen LogP contribution in [0.2, 0.25) is 0 Å². The lowest BCUT2D eigenvalue weighted by Gasteiger charge is -2.11. The molecule has 2 heteroatoms. The molecule has 16 heavy (non-hydrogen) atoms. The second kappa shape index (κ2) is 3.34. The van der Waals surface area contributed by atoms with E-state index >= 15 is 0 Å². The molecule has 0 aliphatic carbocycles. The van der Waals surface area contributed by atoms with Gasteiger partial charge >= 0.3 is 0 Å². The molecule has 0 radical (unpaired) electrons. The van der Waals surface area contributed by atoms with E-state index in [0.717, 1.165) is 12.3 Å². The van der Waals surface area contributed by atoms with Crippen molar-refractivity contribution in [2.24, 2.45) is 4.99 Å². The lowest BCUT2D eigenvalue weighted by molar-refractivity contribution is 0.979. The summed E-state index contributed by atoms with van der Waals surface area (Å²) in [6.07, 6.45) is 0. The number of para-hydroxylation sites is 1. The van der Waals surface area contributed by atoms with Crippen molar-refractivity contribution >= 4 is 5.71 Å². The van der Waals surface area contributed by atoms with Gasteiger partial charge in [0.05, 0.1) is 23.6 Å². The fourth-order valence-corrected chi connectivity index (χ4v) is 2.29. The summed E-state index contributed by atoms with van der Waals surface area (Å²) in [7, 11) is 0. The van der Waals surface area contributed by atoms with Crippen LogP contribution in [-0.4, -0.2) is 10.3 Å². The molecule has 0 bridgehead atoms. The normalized spacial score (nSPS) is 13.8. The monoisotopic (exact) mass is 210 g/mol. The zero-order valence-corrected chi connectivity index (χ0v) is 9.57. The van der Waals surface area contributed by atoms with Crippen molar-refractivity contribution in [3.63, 3.8) is 0 Å². The van der Waals surface area contributed by atoms with Crippen molar-refractivity contribution in [3.8, 4) is 5.69 Å². The third-order valence-electron chi connectivity index (χ3n) is 3.17. The highest BCUT2D eigenvalue weighted by Gasteiger charge is 2.15. The lowest BCUT2D eigenvalue weighted by atomic mass is 10.2. The Hall–Kier alpha value is -1.83. The van der Waals surface area contributed by atoms with Gasteiger partial charge in [-0.15, -0.1) is 0 Å². The van der Waals surface area contributed by atoms with Crippen molar-refractivity contribution in [1.82, 2.24) is 4.57 Å². The van der Waals surface area contributed by atoms with Gasteiger partial charge in [-0.1, -0.05) is 18.2 Å². The predicted molar refractivity (Wildman–Crippen MR) is 66.4 cm³/mol. The van der Waals surface area contributed by atoms with Crippen LogP contribution in [-0.2, 0) is 6.54 Å². The van der Waals surface area contributed by atoms with Gasteiger partial charge in [0.15, 0.2) is 0 Å². The number of fused-ring (bicyclic) bond motifs is 3. The van der Waals surface area contributed by atoms with Gasteiger partial charge in [-0.2, -0.15) is 0 Å². The summed E-state index contributed by atoms with van der Waals surface area (Å²) in [5.41, 5.74) is 6.14. The van der Waals surface area contributed by atoms with Crippen molar-refractivity contribution in [3.05, 3.63) is 53.3 Å². The lowest BCUT2D eigenvalue weighted by Crippen LogP contribution is -2.05. The molecular formula is C14H14N2. The molecule has 0 saturated heterocycles. The van der Waals surface area contributed by atoms with Crippen LogP contribution in [0.5, 0.6) is 0 Å². The number of hydrogen-bond donors (Lipinski definition) is 0. The predicted octanol–water partition coefficient (Wildman–Crippen LogP) is 3.11. The Balaban J connectivity index is 2.37. The zero-order valence-electron chi connectivity index (χ0n) is 9.57. The first kappa shape index (κ1) is 9.40. The van der Waals surface area contributed by atoms with Crippen LogP contribution >= 0.6 is 0 Å². The van der Waals surface area contributed by atoms with E-state index < -0.39 is 0 Å². The fourth-order valence-electron chi connectivity index (χ4n) is 2.29. The standard InChI is InChI=1S/C14H14N2/c1-10-7-8-13-11(2)15-9-12-5-3-4-6-14(12)16(10)13/h3-8H,9H2,1-2H3. The van der Waals surface area contributed by atoms with Gasteiger partial charge in [-0.25, -0.2) is 0 Å². The Morgan fingerprint density at radius 2 is 1.88 bits per heavy atom. The summed E-state index contributed by atoms with van der Waals surface area (Å²) >= 11 is 0. The highest BCUT2D eigenvalue weighted by molar-refractivity contribution is 5.98. The summed E-state index contributed by atoms with van der Waals surface area (Å²) in [6.45, 7) is 5.00. The van der Waals surface area contributed by atoms with Crippen LogP contribution in [0.25, 0.3) is 5.69 Å². The smallest absolute Gasteiger partial charge is 0.0666 e. The Labute approximate surface area is 95.3 Å². The molecule has 1 aliphatic rings. The summed E-state index contributed by atoms with van der Waals surface area (Å²) in [5, 5.41) is 0. The SMILES string of the molecule is CC1=NCc2ccccc2-n2c(C)ccc21. The second-order valence-corrected chi connectivity index (χ2v) is 4.23. The molecule has 0 unspecified atom stereocenters. The van der Waals surface area contributed by atoms with E-state index in [4.69, 9.17) is 0 Å². The first-order valence-corrected chi connectivity index (χ1v) is 5.55. The summed E-state index contributed by atoms with van der Waals surface area (Å²) < 4.78 is 2.29. The maximum absolute atomic E-state index is 4.62. The molecule has 1 aliphatic heterocycles. The number of rotatable bonds is 0. The third-order valence-corrected chi connectivity index (χ3v) is 3.17. The number of benzene rings is 1. The minimum Gasteiger partial charge on any atom is -0.312 e. The van der Waals surface area contributed by atoms with Crippen LogP contribution in [0.3, 0.4) is 0 Å². The quantitative estimate of drug-likeness (QED) is 0.635. The van der Waals surface area contributed by atoms with Gasteiger partial charge in [0.1, 0.15) is 0 Å². The molecule has 2 aromatic rings. The molecule has 0 spiro atoms. The molecule has 2 heterocycles. The van der Waals surface area contributed by atoms with E-state index in [0.29, 0.717) is 0 Å². The fraction of sp³-hybridized carbons (Fsp3) is 0.214. The zero-order chi connectivity index (χ0) is 11.1. The molecule has 1 aromatic carbocycles. The summed E-state index contributed by atoms with van der Waals surface area (Å²) in [4.78, 5) is 4.62. The molecule has 0 saturated carbocycles. The van der Waals surface area contributed by atoms with Gasteiger partial charge in [-0.05, 0) is 37.6 Å². The first-order valence-electron chi connectivity index (χ1n) is 5.55. The van der Waals surface area contributed by atoms with Gasteiger partial charge < -0.3 is 4.57 Å². The molecular weight excluding hydrogens is 196 g/mol. The highest BCUT2D eigenvalue weighted by atomic mass is 15.0. The van der Waals surface area contributed by atoms with Gasteiger partial charge in [0.2, 0.25) is 0 Å². The third kappa shape index (κ3) is 1.23. The Morgan fingerprint density at radius 1 is 1.06 bits per heavy atom. The Kier molecular flexibility index (Phi) is 1.96. The number of aromatic nitrogens is 1. The second-order valence-electron chi connectivity index (χ2n) is 4.23. The van der Waals surface area contributed by atoms with Crippen LogP contribution < -0.4 is 0 Å². The van der Waals surface area contributed by atoms with E-state index in [2.05, 4.69) is 59.8 Å². The summed E-state index contributed by atoms with van der Waals surface area (Å²) in [5.74, 6) is 0. The van der Waals surface area contributed by atoms with Crippen LogP contribution in [0.1, 0.15) is 23.9 Å². The minimum atomic E-state index is 0.781. The molecule has 1 aromatic heterocycles. The first-order chi connectivity index (χ1) is 7.77. The molecule has 2 nitrogen and oxygen atoms in total. The van der Waals surface area contributed by atoms with Crippen LogP contribution in [0.15, 0.2) is 41.4 Å². The van der Waals surface area contributed by atoms with Crippen LogP contribution in [0.4, 0.5) is 0 Å². The minimum absolute atomic E-state index is 0.781. The van der Waals surface area contributed by atoms with Gasteiger partial charge in [0, 0.05) is 5.69 Å².